The molecule has 5 aromatic rings. The third kappa shape index (κ3) is 3.97. The van der Waals surface area contributed by atoms with Gasteiger partial charge >= 0.3 is 0 Å². The number of hydrogen-bond donors (Lipinski definition) is 0. The van der Waals surface area contributed by atoms with Crippen molar-refractivity contribution in [2.24, 2.45) is 10.2 Å². The van der Waals surface area contributed by atoms with Crippen LogP contribution in [0, 0.1) is 10.1 Å². The summed E-state index contributed by atoms with van der Waals surface area (Å²) in [5.41, 5.74) is 4.91. The summed E-state index contributed by atoms with van der Waals surface area (Å²) in [5.74, 6) is -0.182. The van der Waals surface area contributed by atoms with E-state index in [2.05, 4.69) is 24.3 Å². The summed E-state index contributed by atoms with van der Waals surface area (Å²) < 4.78 is 0. The largest absolute Gasteiger partial charge is 0.292 e. The molecule has 0 saturated carbocycles. The van der Waals surface area contributed by atoms with Crippen molar-refractivity contribution < 1.29 is 9.72 Å². The Balaban J connectivity index is 1.53. The molecule has 0 N–H and O–H groups in total. The zero-order valence-corrected chi connectivity index (χ0v) is 23.2. The molecule has 1 spiro atoms. The number of hydrogen-bond acceptors (Lipinski definition) is 8. The Morgan fingerprint density at radius 2 is 1.36 bits per heavy atom. The summed E-state index contributed by atoms with van der Waals surface area (Å²) in [6, 6.07) is 38.4. The quantitative estimate of drug-likeness (QED) is 0.163. The number of non-ortho nitro benzene ring substituents is 1. The fraction of sp³-hybridized carbons (Fsp3) is 0.0606. The van der Waals surface area contributed by atoms with Gasteiger partial charge in [0.25, 0.3) is 5.69 Å². The Labute approximate surface area is 245 Å². The van der Waals surface area contributed by atoms with Crippen molar-refractivity contribution in [3.05, 3.63) is 148 Å². The number of anilines is 2. The number of rotatable bonds is 5. The van der Waals surface area contributed by atoms with E-state index in [0.29, 0.717) is 10.7 Å². The van der Waals surface area contributed by atoms with E-state index in [-0.39, 0.29) is 11.5 Å². The van der Waals surface area contributed by atoms with Crippen molar-refractivity contribution in [2.75, 3.05) is 10.0 Å². The first-order chi connectivity index (χ1) is 20.5. The van der Waals surface area contributed by atoms with Gasteiger partial charge in [0.05, 0.1) is 22.0 Å². The average molecular weight is 570 g/mol. The molecule has 1 atom stereocenters. The van der Waals surface area contributed by atoms with Crippen LogP contribution in [0.1, 0.15) is 23.6 Å². The molecule has 2 heterocycles. The minimum Gasteiger partial charge on any atom is -0.292 e. The van der Waals surface area contributed by atoms with E-state index in [1.807, 2.05) is 77.8 Å². The molecule has 2 aliphatic heterocycles. The van der Waals surface area contributed by atoms with E-state index in [4.69, 9.17) is 10.2 Å². The molecule has 42 heavy (non-hydrogen) atoms. The van der Waals surface area contributed by atoms with Gasteiger partial charge in [0, 0.05) is 35.7 Å². The number of fused-ring (bicyclic) bond motifs is 3. The summed E-state index contributed by atoms with van der Waals surface area (Å²) in [6.45, 7) is 1.49. The van der Waals surface area contributed by atoms with Crippen LogP contribution in [0.2, 0.25) is 0 Å². The van der Waals surface area contributed by atoms with Crippen LogP contribution in [0.5, 0.6) is 0 Å². The molecule has 7 rings (SSSR count). The number of carbonyl (C=O) groups is 1. The van der Waals surface area contributed by atoms with Gasteiger partial charge in [0.1, 0.15) is 0 Å². The Morgan fingerprint density at radius 1 is 0.738 bits per heavy atom. The topological polar surface area (TPSA) is 91.4 Å². The highest BCUT2D eigenvalue weighted by atomic mass is 32.2. The van der Waals surface area contributed by atoms with Crippen molar-refractivity contribution in [1.82, 2.24) is 0 Å². The minimum atomic E-state index is -1.14. The number of nitro benzene ring substituents is 1. The zero-order chi connectivity index (χ0) is 28.8. The predicted octanol–water partition coefficient (Wildman–Crippen LogP) is 7.29. The summed E-state index contributed by atoms with van der Waals surface area (Å²) in [4.78, 5) is 22.7. The fourth-order valence-corrected chi connectivity index (χ4v) is 6.78. The first-order valence-corrected chi connectivity index (χ1v) is 14.1. The lowest BCUT2D eigenvalue weighted by Gasteiger charge is -2.47. The van der Waals surface area contributed by atoms with Crippen molar-refractivity contribution >= 4 is 56.1 Å². The zero-order valence-electron chi connectivity index (χ0n) is 22.4. The van der Waals surface area contributed by atoms with Gasteiger partial charge in [-0.15, -0.1) is 0 Å². The number of para-hydroxylation sites is 1. The number of benzene rings is 5. The standard InChI is InChI=1S/C33H23N5O3S/c1-22(39)32-35-37(25-18-20-26(21-19-25)38(40)41)33(42-32)30-17-8-7-15-29(30)31(34-36(33)24-12-3-2-4-13-24)28-16-9-11-23-10-5-6-14-27(23)28/h2-21H,1H3/t33-/m1/s1. The van der Waals surface area contributed by atoms with Gasteiger partial charge in [-0.05, 0) is 46.8 Å². The maximum atomic E-state index is 12.9. The normalized spacial score (nSPS) is 17.6. The molecule has 0 saturated heterocycles. The van der Waals surface area contributed by atoms with E-state index in [0.717, 1.165) is 38.9 Å². The SMILES string of the molecule is CC(=O)C1=NN(c2ccc([N+](=O)[O-])cc2)[C@@]2(S1)c1ccccc1C(c1cccc3ccccc13)=NN2c1ccccc1. The van der Waals surface area contributed by atoms with Gasteiger partial charge in [0.15, 0.2) is 10.8 Å². The van der Waals surface area contributed by atoms with Crippen molar-refractivity contribution in [2.45, 2.75) is 11.9 Å². The molecule has 2 aliphatic rings. The van der Waals surface area contributed by atoms with Crippen molar-refractivity contribution in [3.8, 4) is 0 Å². The number of hydrazone groups is 2. The number of carbonyl (C=O) groups excluding carboxylic acids is 1. The lowest BCUT2D eigenvalue weighted by Crippen LogP contribution is -2.54. The third-order valence-electron chi connectivity index (χ3n) is 7.39. The highest BCUT2D eigenvalue weighted by Gasteiger charge is 2.56. The van der Waals surface area contributed by atoms with Gasteiger partial charge in [-0.2, -0.15) is 10.2 Å². The number of thioether (sulfide) groups is 1. The summed E-state index contributed by atoms with van der Waals surface area (Å²) in [5, 5.41) is 27.8. The first-order valence-electron chi connectivity index (χ1n) is 13.3. The lowest BCUT2D eigenvalue weighted by molar-refractivity contribution is -0.384. The Morgan fingerprint density at radius 3 is 2.12 bits per heavy atom. The highest BCUT2D eigenvalue weighted by molar-refractivity contribution is 8.17. The minimum absolute atomic E-state index is 0.0318. The van der Waals surface area contributed by atoms with Crippen LogP contribution in [0.3, 0.4) is 0 Å². The molecule has 9 heteroatoms. The molecule has 0 radical (unpaired) electrons. The second-order valence-electron chi connectivity index (χ2n) is 9.93. The van der Waals surface area contributed by atoms with Gasteiger partial charge in [-0.1, -0.05) is 84.9 Å². The molecular weight excluding hydrogens is 546 g/mol. The molecule has 204 valence electrons. The molecule has 8 nitrogen and oxygen atoms in total. The predicted molar refractivity (Wildman–Crippen MR) is 168 cm³/mol. The summed E-state index contributed by atoms with van der Waals surface area (Å²) in [7, 11) is 0. The van der Waals surface area contributed by atoms with Crippen LogP contribution in [0.15, 0.2) is 132 Å². The molecule has 5 aromatic carbocycles. The second-order valence-corrected chi connectivity index (χ2v) is 11.1. The van der Waals surface area contributed by atoms with E-state index in [1.54, 1.807) is 17.1 Å². The Hall–Kier alpha value is -5.28. The van der Waals surface area contributed by atoms with Crippen molar-refractivity contribution in [1.29, 1.82) is 0 Å². The Kier molecular flexibility index (Phi) is 6.09. The van der Waals surface area contributed by atoms with Gasteiger partial charge < -0.3 is 0 Å². The number of nitrogens with zero attached hydrogens (tertiary/aromatic N) is 5. The van der Waals surface area contributed by atoms with Crippen LogP contribution in [0.4, 0.5) is 17.1 Å². The number of Topliss-reactive ketones (excluding diaryl/α,β-unsaturated/α-hetero) is 1. The lowest BCUT2D eigenvalue weighted by atomic mass is 9.91. The average Bonchev–Trinajstić information content (AvgIpc) is 3.43. The van der Waals surface area contributed by atoms with Crippen LogP contribution in [-0.4, -0.2) is 21.5 Å². The van der Waals surface area contributed by atoms with Gasteiger partial charge in [-0.3, -0.25) is 14.9 Å². The molecule has 0 unspecified atom stereocenters. The molecule has 0 aliphatic carbocycles. The molecule has 0 bridgehead atoms. The third-order valence-corrected chi connectivity index (χ3v) is 8.80. The smallest absolute Gasteiger partial charge is 0.269 e. The van der Waals surface area contributed by atoms with Crippen molar-refractivity contribution in [3.63, 3.8) is 0 Å². The first kappa shape index (κ1) is 25.7. The van der Waals surface area contributed by atoms with E-state index in [1.165, 1.54) is 30.8 Å². The fourth-order valence-electron chi connectivity index (χ4n) is 5.49. The van der Waals surface area contributed by atoms with Crippen LogP contribution < -0.4 is 10.0 Å². The maximum Gasteiger partial charge on any atom is 0.269 e. The Bertz CT molecular complexity index is 1940. The molecule has 0 fully saturated rings. The highest BCUT2D eigenvalue weighted by Crippen LogP contribution is 2.55. The van der Waals surface area contributed by atoms with E-state index >= 15 is 0 Å². The monoisotopic (exact) mass is 569 g/mol. The van der Waals surface area contributed by atoms with Crippen LogP contribution in [0.25, 0.3) is 10.8 Å². The van der Waals surface area contributed by atoms with Gasteiger partial charge in [-0.25, -0.2) is 10.0 Å². The summed E-state index contributed by atoms with van der Waals surface area (Å²) in [6.07, 6.45) is 0. The molecular formula is C33H23N5O3S. The van der Waals surface area contributed by atoms with E-state index < -0.39 is 9.92 Å². The van der Waals surface area contributed by atoms with E-state index in [9.17, 15) is 14.9 Å². The van der Waals surface area contributed by atoms with Gasteiger partial charge in [0.2, 0.25) is 4.99 Å². The maximum absolute atomic E-state index is 12.9. The molecule has 0 aromatic heterocycles. The number of nitro groups is 1. The second kappa shape index (κ2) is 9.97. The van der Waals surface area contributed by atoms with Crippen LogP contribution >= 0.6 is 11.8 Å². The summed E-state index contributed by atoms with van der Waals surface area (Å²) >= 11 is 1.31. The number of ketones is 1. The molecule has 0 amide bonds. The van der Waals surface area contributed by atoms with Crippen LogP contribution in [-0.2, 0) is 9.79 Å².